The number of aliphatic hydroxyl groups is 1. The highest BCUT2D eigenvalue weighted by atomic mass is 79.9. The number of fused-ring (bicyclic) bond motifs is 1. The van der Waals surface area contributed by atoms with E-state index in [4.69, 9.17) is 4.74 Å². The van der Waals surface area contributed by atoms with E-state index < -0.39 is 28.7 Å². The van der Waals surface area contributed by atoms with E-state index in [9.17, 15) is 19.5 Å². The maximum Gasteiger partial charge on any atom is 0.310 e. The molecule has 7 nitrogen and oxygen atoms in total. The molecule has 182 valence electrons. The van der Waals surface area contributed by atoms with E-state index in [0.29, 0.717) is 13.0 Å². The number of halogens is 1. The van der Waals surface area contributed by atoms with Crippen LogP contribution < -0.4 is 5.32 Å². The quantitative estimate of drug-likeness (QED) is 0.241. The van der Waals surface area contributed by atoms with Crippen molar-refractivity contribution in [2.75, 3.05) is 19.8 Å². The van der Waals surface area contributed by atoms with Gasteiger partial charge in [0, 0.05) is 16.6 Å². The van der Waals surface area contributed by atoms with E-state index >= 15 is 0 Å². The number of carbonyl (C=O) groups excluding carboxylic acids is 3. The number of ether oxygens (including phenoxy) is 1. The van der Waals surface area contributed by atoms with E-state index in [2.05, 4.69) is 28.2 Å². The number of rotatable bonds is 11. The number of alkyl halides is 1. The first-order valence-electron chi connectivity index (χ1n) is 12.0. The molecule has 0 radical (unpaired) electrons. The number of aliphatic hydroxyl groups excluding tert-OH is 1. The maximum absolute atomic E-state index is 13.9. The van der Waals surface area contributed by atoms with Gasteiger partial charge in [-0.3, -0.25) is 14.4 Å². The summed E-state index contributed by atoms with van der Waals surface area (Å²) in [6.07, 6.45) is 4.38. The highest BCUT2D eigenvalue weighted by Gasteiger charge is 2.76. The van der Waals surface area contributed by atoms with Crippen LogP contribution in [0.25, 0.3) is 0 Å². The summed E-state index contributed by atoms with van der Waals surface area (Å²) in [4.78, 5) is 42.1. The minimum atomic E-state index is -0.706. The summed E-state index contributed by atoms with van der Waals surface area (Å²) in [7, 11) is 0. The molecule has 0 aliphatic carbocycles. The van der Waals surface area contributed by atoms with Crippen molar-refractivity contribution in [1.82, 2.24) is 10.2 Å². The lowest BCUT2D eigenvalue weighted by atomic mass is 9.71. The van der Waals surface area contributed by atoms with E-state index in [1.165, 1.54) is 0 Å². The minimum absolute atomic E-state index is 0.0254. The average molecular weight is 534 g/mol. The first kappa shape index (κ1) is 25.8. The van der Waals surface area contributed by atoms with Crippen LogP contribution in [-0.4, -0.2) is 74.5 Å². The number of likely N-dealkylation sites (tertiary alicyclic amines) is 1. The summed E-state index contributed by atoms with van der Waals surface area (Å²) >= 11 is 5.34. The molecule has 0 aromatic heterocycles. The summed E-state index contributed by atoms with van der Waals surface area (Å²) < 4.78 is 4.67. The van der Waals surface area contributed by atoms with Gasteiger partial charge >= 0.3 is 5.97 Å². The second kappa shape index (κ2) is 10.6. The van der Waals surface area contributed by atoms with Gasteiger partial charge in [-0.05, 0) is 25.7 Å². The summed E-state index contributed by atoms with van der Waals surface area (Å²) in [6, 6.07) is -1.17. The average Bonchev–Trinajstić information content (AvgIpc) is 3.35. The smallest absolute Gasteiger partial charge is 0.310 e. The molecule has 2 N–H and O–H groups in total. The first-order chi connectivity index (χ1) is 15.3. The van der Waals surface area contributed by atoms with E-state index in [1.807, 2.05) is 13.8 Å². The highest BCUT2D eigenvalue weighted by molar-refractivity contribution is 9.09. The van der Waals surface area contributed by atoms with Crippen molar-refractivity contribution >= 4 is 45.5 Å². The monoisotopic (exact) mass is 532 g/mol. The molecule has 32 heavy (non-hydrogen) atoms. The van der Waals surface area contributed by atoms with Crippen molar-refractivity contribution in [1.29, 1.82) is 0 Å². The van der Waals surface area contributed by atoms with Crippen LogP contribution in [0.15, 0.2) is 0 Å². The van der Waals surface area contributed by atoms with Crippen LogP contribution in [0.4, 0.5) is 0 Å². The Hall–Kier alpha value is -0.800. The number of hydrogen-bond acceptors (Lipinski definition) is 6. The maximum atomic E-state index is 13.9. The van der Waals surface area contributed by atoms with Crippen LogP contribution >= 0.6 is 27.7 Å². The molecule has 3 heterocycles. The second-order valence-corrected chi connectivity index (χ2v) is 12.0. The zero-order chi connectivity index (χ0) is 23.6. The molecule has 3 fully saturated rings. The standard InChI is InChI=1S/C23H37BrN2O5S/c1-5-8-9-10-25-20(28)19-23-11-14(24)18(32-23)16(22(30)31-7-3)17(23)21(29)26(19)15(12-27)13(4)6-2/h13-19,27H,5-12H2,1-4H3,(H,25,28)/t13-,14?,15-,16-,17-,18-,19?,23?/m0/s1. The predicted molar refractivity (Wildman–Crippen MR) is 129 cm³/mol. The molecule has 3 aliphatic heterocycles. The SMILES string of the molecule is CCCCCNC(=O)C1N([C@@H](CO)[C@@H](C)CC)C(=O)[C@@H]2[C@H](C(=O)OCC)[C@H]3SC12CC3Br. The van der Waals surface area contributed by atoms with Gasteiger partial charge in [0.1, 0.15) is 6.04 Å². The Morgan fingerprint density at radius 3 is 2.66 bits per heavy atom. The summed E-state index contributed by atoms with van der Waals surface area (Å²) in [6.45, 7) is 8.50. The minimum Gasteiger partial charge on any atom is -0.466 e. The Morgan fingerprint density at radius 1 is 1.34 bits per heavy atom. The van der Waals surface area contributed by atoms with Crippen LogP contribution in [0.2, 0.25) is 0 Å². The summed E-state index contributed by atoms with van der Waals surface area (Å²) in [5.41, 5.74) is 0. The molecule has 1 spiro atoms. The van der Waals surface area contributed by atoms with Crippen LogP contribution in [0.3, 0.4) is 0 Å². The van der Waals surface area contributed by atoms with Gasteiger partial charge in [-0.25, -0.2) is 0 Å². The van der Waals surface area contributed by atoms with Gasteiger partial charge in [-0.2, -0.15) is 0 Å². The number of hydrogen-bond donors (Lipinski definition) is 2. The summed E-state index contributed by atoms with van der Waals surface area (Å²) in [5.74, 6) is -1.88. The van der Waals surface area contributed by atoms with Crippen molar-refractivity contribution in [3.8, 4) is 0 Å². The van der Waals surface area contributed by atoms with E-state index in [1.54, 1.807) is 23.6 Å². The van der Waals surface area contributed by atoms with E-state index in [0.717, 1.165) is 25.7 Å². The van der Waals surface area contributed by atoms with Crippen molar-refractivity contribution < 1.29 is 24.2 Å². The fourth-order valence-electron chi connectivity index (χ4n) is 5.73. The van der Waals surface area contributed by atoms with Gasteiger partial charge in [-0.15, -0.1) is 11.8 Å². The Bertz CT molecular complexity index is 725. The molecule has 3 unspecified atom stereocenters. The topological polar surface area (TPSA) is 95.9 Å². The van der Waals surface area contributed by atoms with Crippen molar-refractivity contribution in [2.24, 2.45) is 17.8 Å². The third-order valence-electron chi connectivity index (χ3n) is 7.46. The fraction of sp³-hybridized carbons (Fsp3) is 0.870. The third kappa shape index (κ3) is 4.22. The van der Waals surface area contributed by atoms with Crippen LogP contribution in [-0.2, 0) is 19.1 Å². The zero-order valence-corrected chi connectivity index (χ0v) is 21.9. The van der Waals surface area contributed by atoms with Gasteiger partial charge in [0.2, 0.25) is 11.8 Å². The molecule has 0 saturated carbocycles. The highest BCUT2D eigenvalue weighted by Crippen LogP contribution is 2.68. The van der Waals surface area contributed by atoms with Gasteiger partial charge in [0.15, 0.2) is 0 Å². The summed E-state index contributed by atoms with van der Waals surface area (Å²) in [5, 5.41) is 13.2. The number of thioether (sulfide) groups is 1. The largest absolute Gasteiger partial charge is 0.466 e. The van der Waals surface area contributed by atoms with Crippen molar-refractivity contribution in [3.05, 3.63) is 0 Å². The molecular formula is C23H37BrN2O5S. The zero-order valence-electron chi connectivity index (χ0n) is 19.5. The molecule has 0 aromatic rings. The van der Waals surface area contributed by atoms with Crippen LogP contribution in [0.5, 0.6) is 0 Å². The Balaban J connectivity index is 2.01. The van der Waals surface area contributed by atoms with Gasteiger partial charge in [-0.1, -0.05) is 56.0 Å². The lowest BCUT2D eigenvalue weighted by Gasteiger charge is -2.39. The van der Waals surface area contributed by atoms with Crippen molar-refractivity contribution in [3.63, 3.8) is 0 Å². The first-order valence-corrected chi connectivity index (χ1v) is 13.8. The number of esters is 1. The van der Waals surface area contributed by atoms with Gasteiger partial charge in [0.05, 0.1) is 35.8 Å². The lowest BCUT2D eigenvalue weighted by molar-refractivity contribution is -0.154. The van der Waals surface area contributed by atoms with E-state index in [-0.39, 0.29) is 47.0 Å². The molecule has 0 aromatic carbocycles. The lowest BCUT2D eigenvalue weighted by Crippen LogP contribution is -2.58. The molecule has 2 bridgehead atoms. The molecule has 3 saturated heterocycles. The number of amides is 2. The number of unbranched alkanes of at least 4 members (excludes halogenated alkanes) is 2. The number of nitrogens with zero attached hydrogens (tertiary/aromatic N) is 1. The van der Waals surface area contributed by atoms with Gasteiger partial charge in [0.25, 0.3) is 0 Å². The normalized spacial score (nSPS) is 35.0. The molecule has 3 rings (SSSR count). The number of nitrogens with one attached hydrogen (secondary N) is 1. The third-order valence-corrected chi connectivity index (χ3v) is 10.7. The number of carbonyl (C=O) groups is 3. The fourth-order valence-corrected chi connectivity index (χ4v) is 9.32. The Morgan fingerprint density at radius 2 is 2.06 bits per heavy atom. The van der Waals surface area contributed by atoms with Crippen LogP contribution in [0, 0.1) is 17.8 Å². The second-order valence-electron chi connectivity index (χ2n) is 9.29. The predicted octanol–water partition coefficient (Wildman–Crippen LogP) is 2.73. The Kier molecular flexibility index (Phi) is 8.58. The Labute approximate surface area is 203 Å². The molecular weight excluding hydrogens is 496 g/mol. The molecule has 2 amide bonds. The molecule has 8 atom stereocenters. The molecule has 3 aliphatic rings. The molecule has 9 heteroatoms. The van der Waals surface area contributed by atoms with Crippen LogP contribution in [0.1, 0.15) is 59.8 Å². The van der Waals surface area contributed by atoms with Crippen molar-refractivity contribution in [2.45, 2.75) is 86.7 Å². The van der Waals surface area contributed by atoms with Gasteiger partial charge < -0.3 is 20.1 Å².